The Hall–Kier alpha value is -3.78. The molecule has 1 N–H and O–H groups in total. The van der Waals surface area contributed by atoms with Crippen molar-refractivity contribution in [2.24, 2.45) is 0 Å². The number of amides is 1. The quantitative estimate of drug-likeness (QED) is 0.465. The molecule has 1 atom stereocenters. The van der Waals surface area contributed by atoms with Crippen molar-refractivity contribution in [1.29, 1.82) is 0 Å². The Balaban J connectivity index is 1.89. The molecule has 0 aliphatic carbocycles. The molecule has 34 heavy (non-hydrogen) atoms. The number of para-hydroxylation sites is 3. The zero-order chi connectivity index (χ0) is 24.6. The number of rotatable bonds is 10. The van der Waals surface area contributed by atoms with Crippen LogP contribution in [-0.4, -0.2) is 35.1 Å². The summed E-state index contributed by atoms with van der Waals surface area (Å²) in [4.78, 5) is 13.0. The highest BCUT2D eigenvalue weighted by atomic mass is 32.2. The fraction of sp³-hybridized carbons (Fsp3) is 0.192. The van der Waals surface area contributed by atoms with E-state index in [1.54, 1.807) is 49.6 Å². The Bertz CT molecular complexity index is 1240. The lowest BCUT2D eigenvalue weighted by atomic mass is 10.1. The van der Waals surface area contributed by atoms with E-state index in [0.29, 0.717) is 11.5 Å². The normalized spacial score (nSPS) is 12.2. The molecule has 0 aliphatic rings. The molecule has 1 amide bonds. The molecule has 0 heterocycles. The van der Waals surface area contributed by atoms with Crippen LogP contribution in [0.4, 0.5) is 5.69 Å². The van der Waals surface area contributed by atoms with Gasteiger partial charge in [-0.3, -0.25) is 9.10 Å². The van der Waals surface area contributed by atoms with Crippen LogP contribution in [0.1, 0.15) is 24.1 Å². The van der Waals surface area contributed by atoms with Crippen LogP contribution >= 0.6 is 0 Å². The molecule has 0 saturated heterocycles. The van der Waals surface area contributed by atoms with Crippen molar-refractivity contribution in [2.45, 2.75) is 13.0 Å². The van der Waals surface area contributed by atoms with Gasteiger partial charge in [-0.1, -0.05) is 60.7 Å². The van der Waals surface area contributed by atoms with Gasteiger partial charge in [0.05, 0.1) is 31.4 Å². The van der Waals surface area contributed by atoms with Crippen molar-refractivity contribution in [1.82, 2.24) is 5.32 Å². The average molecular weight is 481 g/mol. The number of benzene rings is 3. The number of nitrogens with one attached hydrogen (secondary N) is 1. The van der Waals surface area contributed by atoms with Crippen molar-refractivity contribution in [3.8, 4) is 11.5 Å². The first-order chi connectivity index (χ1) is 16.4. The van der Waals surface area contributed by atoms with Gasteiger partial charge >= 0.3 is 0 Å². The SMILES string of the molecule is COc1ccccc1C(C)NC(=O)CN(c1ccccc1OC)S(=O)(=O)/C=C/c1ccccc1. The van der Waals surface area contributed by atoms with Crippen LogP contribution in [0.15, 0.2) is 84.3 Å². The molecule has 7 nitrogen and oxygen atoms in total. The van der Waals surface area contributed by atoms with Gasteiger partial charge in [-0.25, -0.2) is 8.42 Å². The predicted octanol–water partition coefficient (Wildman–Crippen LogP) is 4.39. The van der Waals surface area contributed by atoms with Crippen molar-refractivity contribution in [3.63, 3.8) is 0 Å². The summed E-state index contributed by atoms with van der Waals surface area (Å²) in [6.07, 6.45) is 1.49. The lowest BCUT2D eigenvalue weighted by molar-refractivity contribution is -0.120. The molecular formula is C26H28N2O5S. The van der Waals surface area contributed by atoms with E-state index in [4.69, 9.17) is 9.47 Å². The minimum atomic E-state index is -4.03. The number of anilines is 1. The summed E-state index contributed by atoms with van der Waals surface area (Å²) in [6.45, 7) is 1.38. The Morgan fingerprint density at radius 1 is 0.912 bits per heavy atom. The Morgan fingerprint density at radius 2 is 1.50 bits per heavy atom. The van der Waals surface area contributed by atoms with Gasteiger partial charge in [-0.2, -0.15) is 0 Å². The van der Waals surface area contributed by atoms with Gasteiger partial charge in [0.1, 0.15) is 18.0 Å². The second-order valence-corrected chi connectivity index (χ2v) is 9.21. The molecule has 0 fully saturated rings. The molecular weight excluding hydrogens is 452 g/mol. The number of carbonyl (C=O) groups is 1. The summed E-state index contributed by atoms with van der Waals surface area (Å²) in [5.41, 5.74) is 1.78. The maximum absolute atomic E-state index is 13.3. The zero-order valence-electron chi connectivity index (χ0n) is 19.3. The number of nitrogens with zero attached hydrogens (tertiary/aromatic N) is 1. The van der Waals surface area contributed by atoms with Crippen LogP contribution in [0, 0.1) is 0 Å². The molecule has 3 aromatic rings. The lowest BCUT2D eigenvalue weighted by Crippen LogP contribution is -2.41. The minimum absolute atomic E-state index is 0.266. The Kier molecular flexibility index (Phi) is 8.32. The summed E-state index contributed by atoms with van der Waals surface area (Å²) in [5.74, 6) is 0.501. The minimum Gasteiger partial charge on any atom is -0.496 e. The maximum atomic E-state index is 13.3. The molecule has 1 unspecified atom stereocenters. The fourth-order valence-corrected chi connectivity index (χ4v) is 4.67. The summed E-state index contributed by atoms with van der Waals surface area (Å²) < 4.78 is 38.5. The highest BCUT2D eigenvalue weighted by molar-refractivity contribution is 7.95. The fourth-order valence-electron chi connectivity index (χ4n) is 3.47. The molecule has 178 valence electrons. The number of sulfonamides is 1. The lowest BCUT2D eigenvalue weighted by Gasteiger charge is -2.25. The number of methoxy groups -OCH3 is 2. The summed E-state index contributed by atoms with van der Waals surface area (Å²) in [7, 11) is -1.02. The van der Waals surface area contributed by atoms with Crippen molar-refractivity contribution >= 4 is 27.7 Å². The first-order valence-corrected chi connectivity index (χ1v) is 12.2. The van der Waals surface area contributed by atoms with Crippen molar-refractivity contribution in [3.05, 3.63) is 95.4 Å². The van der Waals surface area contributed by atoms with Crippen LogP contribution in [-0.2, 0) is 14.8 Å². The van der Waals surface area contributed by atoms with Gasteiger partial charge in [0.2, 0.25) is 5.91 Å². The van der Waals surface area contributed by atoms with Crippen LogP contribution in [0.3, 0.4) is 0 Å². The van der Waals surface area contributed by atoms with Gasteiger partial charge < -0.3 is 14.8 Å². The topological polar surface area (TPSA) is 84.9 Å². The van der Waals surface area contributed by atoms with Gasteiger partial charge in [0, 0.05) is 5.56 Å². The van der Waals surface area contributed by atoms with E-state index in [2.05, 4.69) is 5.32 Å². The van der Waals surface area contributed by atoms with Gasteiger partial charge in [-0.05, 0) is 36.8 Å². The van der Waals surface area contributed by atoms with Crippen LogP contribution in [0.25, 0.3) is 6.08 Å². The molecule has 0 aromatic heterocycles. The highest BCUT2D eigenvalue weighted by Crippen LogP contribution is 2.31. The van der Waals surface area contributed by atoms with E-state index in [0.717, 1.165) is 20.8 Å². The third-order valence-corrected chi connectivity index (χ3v) is 6.58. The van der Waals surface area contributed by atoms with Gasteiger partial charge in [0.25, 0.3) is 10.0 Å². The van der Waals surface area contributed by atoms with E-state index in [-0.39, 0.29) is 5.69 Å². The smallest absolute Gasteiger partial charge is 0.258 e. The number of hydrogen-bond donors (Lipinski definition) is 1. The number of hydrogen-bond acceptors (Lipinski definition) is 5. The van der Waals surface area contributed by atoms with Crippen LogP contribution in [0.2, 0.25) is 0 Å². The van der Waals surface area contributed by atoms with E-state index in [1.165, 1.54) is 13.2 Å². The molecule has 3 aromatic carbocycles. The zero-order valence-corrected chi connectivity index (χ0v) is 20.2. The monoisotopic (exact) mass is 480 g/mol. The van der Waals surface area contributed by atoms with E-state index in [9.17, 15) is 13.2 Å². The van der Waals surface area contributed by atoms with Crippen LogP contribution in [0.5, 0.6) is 11.5 Å². The Labute approximate surface area is 200 Å². The van der Waals surface area contributed by atoms with Gasteiger partial charge in [0.15, 0.2) is 0 Å². The molecule has 0 aliphatic heterocycles. The second-order valence-electron chi connectivity index (χ2n) is 7.47. The summed E-state index contributed by atoms with van der Waals surface area (Å²) in [5, 5.41) is 3.95. The van der Waals surface area contributed by atoms with E-state index < -0.39 is 28.5 Å². The average Bonchev–Trinajstić information content (AvgIpc) is 2.86. The predicted molar refractivity (Wildman–Crippen MR) is 134 cm³/mol. The molecule has 8 heteroatoms. The van der Waals surface area contributed by atoms with E-state index in [1.807, 2.05) is 43.3 Å². The highest BCUT2D eigenvalue weighted by Gasteiger charge is 2.26. The largest absolute Gasteiger partial charge is 0.496 e. The van der Waals surface area contributed by atoms with Crippen LogP contribution < -0.4 is 19.1 Å². The first-order valence-electron chi connectivity index (χ1n) is 10.7. The first kappa shape index (κ1) is 24.9. The van der Waals surface area contributed by atoms with E-state index >= 15 is 0 Å². The molecule has 0 radical (unpaired) electrons. The molecule has 0 bridgehead atoms. The number of carbonyl (C=O) groups excluding carboxylic acids is 1. The Morgan fingerprint density at radius 3 is 2.18 bits per heavy atom. The molecule has 0 spiro atoms. The maximum Gasteiger partial charge on any atom is 0.258 e. The van der Waals surface area contributed by atoms with Gasteiger partial charge in [-0.15, -0.1) is 0 Å². The van der Waals surface area contributed by atoms with Crippen molar-refractivity contribution < 1.29 is 22.7 Å². The molecule has 3 rings (SSSR count). The van der Waals surface area contributed by atoms with Crippen molar-refractivity contribution in [2.75, 3.05) is 25.1 Å². The summed E-state index contributed by atoms with van der Waals surface area (Å²) in [6, 6.07) is 22.7. The second kappa shape index (κ2) is 11.4. The standard InChI is InChI=1S/C26H28N2O5S/c1-20(22-13-7-9-15-24(22)32-2)27-26(29)19-28(23-14-8-10-16-25(23)33-3)34(30,31)18-17-21-11-5-4-6-12-21/h4-18,20H,19H2,1-3H3,(H,27,29)/b18-17+. The number of ether oxygens (including phenoxy) is 2. The third-order valence-electron chi connectivity index (χ3n) is 5.16. The molecule has 0 saturated carbocycles. The third kappa shape index (κ3) is 6.17. The summed E-state index contributed by atoms with van der Waals surface area (Å²) >= 11 is 0.